The van der Waals surface area contributed by atoms with Gasteiger partial charge in [0.25, 0.3) is 0 Å². The van der Waals surface area contributed by atoms with Crippen molar-refractivity contribution in [1.29, 1.82) is 0 Å². The number of benzene rings is 1. The standard InChI is InChI=1S/C15H22N6/c1-12(16)13-6-5-9-20(10-13)11-15-17-18-19-21(15)14-7-3-2-4-8-14/h2-4,7-8,12-13H,5-6,9-11,16H2,1H3. The molecule has 6 heteroatoms. The maximum Gasteiger partial charge on any atom is 0.170 e. The minimum Gasteiger partial charge on any atom is -0.328 e. The predicted octanol–water partition coefficient (Wildman–Crippen LogP) is 1.22. The highest BCUT2D eigenvalue weighted by molar-refractivity contribution is 5.30. The molecule has 2 aromatic rings. The normalized spacial score (nSPS) is 21.3. The van der Waals surface area contributed by atoms with Crippen molar-refractivity contribution < 1.29 is 0 Å². The third-order valence-corrected chi connectivity index (χ3v) is 4.19. The van der Waals surface area contributed by atoms with Crippen LogP contribution < -0.4 is 5.73 Å². The highest BCUT2D eigenvalue weighted by Crippen LogP contribution is 2.20. The van der Waals surface area contributed by atoms with Crippen LogP contribution in [0, 0.1) is 5.92 Å². The van der Waals surface area contributed by atoms with Gasteiger partial charge in [-0.3, -0.25) is 4.90 Å². The summed E-state index contributed by atoms with van der Waals surface area (Å²) in [6.07, 6.45) is 2.41. The summed E-state index contributed by atoms with van der Waals surface area (Å²) < 4.78 is 1.81. The quantitative estimate of drug-likeness (QED) is 0.915. The molecular weight excluding hydrogens is 264 g/mol. The summed E-state index contributed by atoms with van der Waals surface area (Å²) in [5.41, 5.74) is 7.05. The van der Waals surface area contributed by atoms with Gasteiger partial charge in [-0.1, -0.05) is 18.2 Å². The fourth-order valence-electron chi connectivity index (χ4n) is 2.94. The molecule has 0 amide bonds. The van der Waals surface area contributed by atoms with Crippen LogP contribution in [0.5, 0.6) is 0 Å². The number of tetrazole rings is 1. The predicted molar refractivity (Wildman–Crippen MR) is 80.8 cm³/mol. The van der Waals surface area contributed by atoms with Gasteiger partial charge in [0.1, 0.15) is 0 Å². The molecule has 0 bridgehead atoms. The van der Waals surface area contributed by atoms with E-state index in [-0.39, 0.29) is 6.04 Å². The van der Waals surface area contributed by atoms with Gasteiger partial charge in [0.15, 0.2) is 5.82 Å². The number of aromatic nitrogens is 4. The van der Waals surface area contributed by atoms with Crippen molar-refractivity contribution in [2.75, 3.05) is 13.1 Å². The highest BCUT2D eigenvalue weighted by Gasteiger charge is 2.24. The number of para-hydroxylation sites is 1. The average molecular weight is 286 g/mol. The minimum absolute atomic E-state index is 0.248. The van der Waals surface area contributed by atoms with Crippen molar-refractivity contribution in [3.63, 3.8) is 0 Å². The summed E-state index contributed by atoms with van der Waals surface area (Å²) in [5, 5.41) is 12.1. The minimum atomic E-state index is 0.248. The van der Waals surface area contributed by atoms with Crippen LogP contribution in [-0.2, 0) is 6.54 Å². The number of hydrogen-bond acceptors (Lipinski definition) is 5. The highest BCUT2D eigenvalue weighted by atomic mass is 15.5. The molecule has 1 aliphatic heterocycles. The maximum absolute atomic E-state index is 6.05. The second-order valence-electron chi connectivity index (χ2n) is 5.84. The van der Waals surface area contributed by atoms with E-state index in [1.165, 1.54) is 12.8 Å². The Hall–Kier alpha value is -1.79. The number of nitrogens with two attached hydrogens (primary N) is 1. The van der Waals surface area contributed by atoms with Gasteiger partial charge < -0.3 is 5.73 Å². The van der Waals surface area contributed by atoms with Crippen LogP contribution in [0.3, 0.4) is 0 Å². The number of likely N-dealkylation sites (tertiary alicyclic amines) is 1. The molecule has 21 heavy (non-hydrogen) atoms. The van der Waals surface area contributed by atoms with Crippen LogP contribution in [0.2, 0.25) is 0 Å². The van der Waals surface area contributed by atoms with Gasteiger partial charge in [-0.15, -0.1) is 5.10 Å². The lowest BCUT2D eigenvalue weighted by atomic mass is 9.92. The second kappa shape index (κ2) is 6.32. The average Bonchev–Trinajstić information content (AvgIpc) is 2.96. The van der Waals surface area contributed by atoms with Gasteiger partial charge >= 0.3 is 0 Å². The smallest absolute Gasteiger partial charge is 0.170 e. The molecule has 1 aromatic heterocycles. The van der Waals surface area contributed by atoms with E-state index in [4.69, 9.17) is 5.73 Å². The first-order valence-corrected chi connectivity index (χ1v) is 7.54. The van der Waals surface area contributed by atoms with E-state index in [1.807, 2.05) is 35.0 Å². The first-order chi connectivity index (χ1) is 10.2. The van der Waals surface area contributed by atoms with E-state index in [0.717, 1.165) is 31.1 Å². The summed E-state index contributed by atoms with van der Waals surface area (Å²) >= 11 is 0. The molecule has 6 nitrogen and oxygen atoms in total. The van der Waals surface area contributed by atoms with Crippen LogP contribution in [0.15, 0.2) is 30.3 Å². The monoisotopic (exact) mass is 286 g/mol. The van der Waals surface area contributed by atoms with Gasteiger partial charge in [-0.25, -0.2) is 0 Å². The zero-order valence-corrected chi connectivity index (χ0v) is 12.4. The Kier molecular flexibility index (Phi) is 4.26. The zero-order chi connectivity index (χ0) is 14.7. The molecule has 0 aliphatic carbocycles. The molecule has 1 fully saturated rings. The van der Waals surface area contributed by atoms with E-state index in [2.05, 4.69) is 27.3 Å². The first-order valence-electron chi connectivity index (χ1n) is 7.54. The van der Waals surface area contributed by atoms with E-state index < -0.39 is 0 Å². The van der Waals surface area contributed by atoms with Crippen molar-refractivity contribution in [1.82, 2.24) is 25.1 Å². The van der Waals surface area contributed by atoms with Gasteiger partial charge in [0.2, 0.25) is 0 Å². The van der Waals surface area contributed by atoms with Crippen LogP contribution in [-0.4, -0.2) is 44.2 Å². The first kappa shape index (κ1) is 14.2. The lowest BCUT2D eigenvalue weighted by molar-refractivity contribution is 0.150. The van der Waals surface area contributed by atoms with Gasteiger partial charge in [-0.2, -0.15) is 4.68 Å². The van der Waals surface area contributed by atoms with Crippen molar-refractivity contribution in [2.45, 2.75) is 32.4 Å². The van der Waals surface area contributed by atoms with Gasteiger partial charge in [0, 0.05) is 12.6 Å². The lowest BCUT2D eigenvalue weighted by Gasteiger charge is -2.34. The van der Waals surface area contributed by atoms with E-state index in [1.54, 1.807) is 0 Å². The molecule has 112 valence electrons. The Balaban J connectivity index is 1.73. The molecule has 2 unspecified atom stereocenters. The van der Waals surface area contributed by atoms with Crippen LogP contribution >= 0.6 is 0 Å². The SMILES string of the molecule is CC(N)C1CCCN(Cc2nnnn2-c2ccccc2)C1. The van der Waals surface area contributed by atoms with Crippen LogP contribution in [0.1, 0.15) is 25.6 Å². The third-order valence-electron chi connectivity index (χ3n) is 4.19. The van der Waals surface area contributed by atoms with Gasteiger partial charge in [0.05, 0.1) is 12.2 Å². The summed E-state index contributed by atoms with van der Waals surface area (Å²) in [6, 6.07) is 10.3. The lowest BCUT2D eigenvalue weighted by Crippen LogP contribution is -2.42. The van der Waals surface area contributed by atoms with E-state index in [0.29, 0.717) is 5.92 Å². The largest absolute Gasteiger partial charge is 0.328 e. The summed E-state index contributed by atoms with van der Waals surface area (Å²) in [7, 11) is 0. The van der Waals surface area contributed by atoms with Crippen LogP contribution in [0.4, 0.5) is 0 Å². The molecule has 3 rings (SSSR count). The number of rotatable bonds is 4. The van der Waals surface area contributed by atoms with Crippen molar-refractivity contribution in [3.05, 3.63) is 36.2 Å². The van der Waals surface area contributed by atoms with E-state index >= 15 is 0 Å². The van der Waals surface area contributed by atoms with Crippen molar-refractivity contribution in [2.24, 2.45) is 11.7 Å². The molecule has 1 aliphatic rings. The Bertz CT molecular complexity index is 565. The van der Waals surface area contributed by atoms with E-state index in [9.17, 15) is 0 Å². The van der Waals surface area contributed by atoms with Gasteiger partial charge in [-0.05, 0) is 54.8 Å². The maximum atomic E-state index is 6.05. The van der Waals surface area contributed by atoms with Crippen molar-refractivity contribution >= 4 is 0 Å². The summed E-state index contributed by atoms with van der Waals surface area (Å²) in [4.78, 5) is 2.41. The molecule has 2 heterocycles. The molecule has 0 spiro atoms. The number of hydrogen-bond donors (Lipinski definition) is 1. The number of piperidine rings is 1. The topological polar surface area (TPSA) is 72.9 Å². The molecule has 1 saturated heterocycles. The fourth-order valence-corrected chi connectivity index (χ4v) is 2.94. The fraction of sp³-hybridized carbons (Fsp3) is 0.533. The summed E-state index contributed by atoms with van der Waals surface area (Å²) in [6.45, 7) is 4.98. The number of nitrogens with zero attached hydrogens (tertiary/aromatic N) is 5. The second-order valence-corrected chi connectivity index (χ2v) is 5.84. The summed E-state index contributed by atoms with van der Waals surface area (Å²) in [5.74, 6) is 1.45. The third kappa shape index (κ3) is 3.28. The van der Waals surface area contributed by atoms with Crippen molar-refractivity contribution in [3.8, 4) is 5.69 Å². The Labute approximate surface area is 124 Å². The Morgan fingerprint density at radius 2 is 2.14 bits per heavy atom. The molecule has 0 radical (unpaired) electrons. The molecule has 2 atom stereocenters. The molecule has 1 aromatic carbocycles. The molecule has 2 N–H and O–H groups in total. The Morgan fingerprint density at radius 3 is 2.90 bits per heavy atom. The molecular formula is C15H22N6. The Morgan fingerprint density at radius 1 is 1.33 bits per heavy atom. The molecule has 0 saturated carbocycles. The van der Waals surface area contributed by atoms with Crippen LogP contribution in [0.25, 0.3) is 5.69 Å². The zero-order valence-electron chi connectivity index (χ0n) is 12.4.